The van der Waals surface area contributed by atoms with Gasteiger partial charge in [-0.3, -0.25) is 14.8 Å². The van der Waals surface area contributed by atoms with E-state index >= 15 is 0 Å². The van der Waals surface area contributed by atoms with Gasteiger partial charge in [0.05, 0.1) is 39.0 Å². The first-order chi connectivity index (χ1) is 18.8. The van der Waals surface area contributed by atoms with Gasteiger partial charge in [-0.25, -0.2) is 15.2 Å². The molecule has 0 spiro atoms. The van der Waals surface area contributed by atoms with Crippen molar-refractivity contribution in [3.05, 3.63) is 97.9 Å². The summed E-state index contributed by atoms with van der Waals surface area (Å²) in [6, 6.07) is 15.1. The van der Waals surface area contributed by atoms with Crippen molar-refractivity contribution in [2.45, 2.75) is 0 Å². The molecule has 0 saturated carbocycles. The highest BCUT2D eigenvalue weighted by Crippen LogP contribution is 2.41. The molecule has 12 heteroatoms. The summed E-state index contributed by atoms with van der Waals surface area (Å²) in [7, 11) is 0. The third-order valence-electron chi connectivity index (χ3n) is 6.37. The highest BCUT2D eigenvalue weighted by molar-refractivity contribution is 6.42. The second kappa shape index (κ2) is 9.66. The van der Waals surface area contributed by atoms with Crippen molar-refractivity contribution in [3.63, 3.8) is 0 Å². The number of nitrogens with one attached hydrogen (secondary N) is 1. The number of fused-ring (bicyclic) bond motifs is 2. The fourth-order valence-electron chi connectivity index (χ4n) is 4.53. The molecule has 2 aromatic heterocycles. The first-order valence-corrected chi connectivity index (χ1v) is 12.5. The Morgan fingerprint density at radius 3 is 2.46 bits per heavy atom. The van der Waals surface area contributed by atoms with Gasteiger partial charge in [0.2, 0.25) is 0 Å². The predicted octanol–water partition coefficient (Wildman–Crippen LogP) is 4.41. The minimum absolute atomic E-state index is 0.0794. The molecular formula is C27H20Cl2N6O4. The van der Waals surface area contributed by atoms with Crippen LogP contribution in [0.15, 0.2) is 76.6 Å². The van der Waals surface area contributed by atoms with E-state index in [1.165, 1.54) is 12.3 Å². The Bertz CT molecular complexity index is 1880. The van der Waals surface area contributed by atoms with E-state index in [9.17, 15) is 9.59 Å². The number of H-pyrrole nitrogens is 1. The molecule has 0 aliphatic carbocycles. The molecule has 196 valence electrons. The Balaban J connectivity index is 1.65. The van der Waals surface area contributed by atoms with Crippen molar-refractivity contribution in [1.29, 1.82) is 0 Å². The molecule has 0 amide bonds. The van der Waals surface area contributed by atoms with Gasteiger partial charge in [-0.15, -0.1) is 0 Å². The van der Waals surface area contributed by atoms with Crippen molar-refractivity contribution in [1.82, 2.24) is 14.5 Å². The zero-order chi connectivity index (χ0) is 27.3. The number of benzene rings is 3. The van der Waals surface area contributed by atoms with Crippen LogP contribution in [0, 0.1) is 0 Å². The number of aromatic amines is 1. The lowest BCUT2D eigenvalue weighted by Crippen LogP contribution is -2.41. The first-order valence-electron chi connectivity index (χ1n) is 11.8. The molecule has 39 heavy (non-hydrogen) atoms. The van der Waals surface area contributed by atoms with Gasteiger partial charge >= 0.3 is 5.69 Å². The molecule has 0 radical (unpaired) electrons. The van der Waals surface area contributed by atoms with E-state index in [2.05, 4.69) is 9.97 Å². The van der Waals surface area contributed by atoms with Crippen LogP contribution >= 0.6 is 23.2 Å². The summed E-state index contributed by atoms with van der Waals surface area (Å²) in [6.07, 6.45) is 3.09. The SMILES string of the molecule is Nc1cc2c(cc1N(N)c1c(-c3ccc(Cl)c(Cl)c3)[nH]c(=O)n(-c3cncc4ccccc34)c1=O)OCCO2. The zero-order valence-corrected chi connectivity index (χ0v) is 21.7. The normalized spacial score (nSPS) is 12.5. The summed E-state index contributed by atoms with van der Waals surface area (Å²) in [6.45, 7) is 0.721. The van der Waals surface area contributed by atoms with Crippen molar-refractivity contribution in [2.75, 3.05) is 24.0 Å². The maximum absolute atomic E-state index is 14.2. The second-order valence-corrected chi connectivity index (χ2v) is 9.54. The Labute approximate surface area is 230 Å². The largest absolute Gasteiger partial charge is 0.486 e. The summed E-state index contributed by atoms with van der Waals surface area (Å²) >= 11 is 12.4. The van der Waals surface area contributed by atoms with Gasteiger partial charge in [0.25, 0.3) is 5.56 Å². The third-order valence-corrected chi connectivity index (χ3v) is 7.10. The van der Waals surface area contributed by atoms with Gasteiger partial charge in [-0.2, -0.15) is 0 Å². The number of anilines is 3. The van der Waals surface area contributed by atoms with Crippen LogP contribution in [0.2, 0.25) is 10.0 Å². The summed E-state index contributed by atoms with van der Waals surface area (Å²) < 4.78 is 12.3. The number of nitrogens with zero attached hydrogens (tertiary/aromatic N) is 3. The molecule has 3 heterocycles. The molecule has 0 fully saturated rings. The molecule has 0 bridgehead atoms. The number of halogens is 2. The van der Waals surface area contributed by atoms with Gasteiger partial charge in [0, 0.05) is 34.7 Å². The minimum atomic E-state index is -0.713. The maximum atomic E-state index is 14.2. The molecule has 1 aliphatic heterocycles. The van der Waals surface area contributed by atoms with Crippen molar-refractivity contribution < 1.29 is 9.47 Å². The number of pyridine rings is 1. The fourth-order valence-corrected chi connectivity index (χ4v) is 4.83. The molecular weight excluding hydrogens is 543 g/mol. The number of hydrogen-bond donors (Lipinski definition) is 3. The lowest BCUT2D eigenvalue weighted by atomic mass is 10.1. The standard InChI is InChI=1S/C27H20Cl2N6O4/c28-17-6-5-14(9-18(17)29)24-25(35(31)20-11-23-22(10-19(20)30)38-7-8-39-23)26(36)34(27(37)33-24)21-13-32-12-15-3-1-2-4-16(15)21/h1-6,9-13H,7-8,30-31H2,(H,33,37). The number of hydrazine groups is 1. The van der Waals surface area contributed by atoms with Crippen LogP contribution in [-0.2, 0) is 0 Å². The number of hydrogen-bond acceptors (Lipinski definition) is 8. The first kappa shape index (κ1) is 24.8. The Hall–Kier alpha value is -4.51. The minimum Gasteiger partial charge on any atom is -0.486 e. The number of rotatable bonds is 4. The van der Waals surface area contributed by atoms with Crippen LogP contribution in [0.5, 0.6) is 11.5 Å². The molecule has 5 N–H and O–H groups in total. The van der Waals surface area contributed by atoms with Crippen LogP contribution < -0.4 is 37.3 Å². The second-order valence-electron chi connectivity index (χ2n) is 8.73. The number of nitrogens with two attached hydrogens (primary N) is 2. The lowest BCUT2D eigenvalue weighted by Gasteiger charge is -2.26. The molecule has 6 rings (SSSR count). The van der Waals surface area contributed by atoms with Gasteiger partial charge < -0.3 is 20.2 Å². The van der Waals surface area contributed by atoms with E-state index < -0.39 is 11.2 Å². The quantitative estimate of drug-likeness (QED) is 0.166. The van der Waals surface area contributed by atoms with E-state index in [4.69, 9.17) is 44.3 Å². The molecule has 1 aliphatic rings. The van der Waals surface area contributed by atoms with Crippen molar-refractivity contribution >= 4 is 51.0 Å². The monoisotopic (exact) mass is 562 g/mol. The Morgan fingerprint density at radius 2 is 1.69 bits per heavy atom. The number of ether oxygens (including phenoxy) is 2. The van der Waals surface area contributed by atoms with Gasteiger partial charge in [0.15, 0.2) is 11.5 Å². The van der Waals surface area contributed by atoms with E-state index in [-0.39, 0.29) is 33.5 Å². The molecule has 10 nitrogen and oxygen atoms in total. The van der Waals surface area contributed by atoms with E-state index in [1.807, 2.05) is 12.1 Å². The number of aromatic nitrogens is 3. The Kier molecular flexibility index (Phi) is 6.15. The summed E-state index contributed by atoms with van der Waals surface area (Å²) in [5.74, 6) is 7.49. The summed E-state index contributed by atoms with van der Waals surface area (Å²) in [5, 5.41) is 3.04. The van der Waals surface area contributed by atoms with E-state index in [0.29, 0.717) is 40.7 Å². The maximum Gasteiger partial charge on any atom is 0.333 e. The zero-order valence-electron chi connectivity index (χ0n) is 20.2. The Morgan fingerprint density at radius 1 is 0.949 bits per heavy atom. The van der Waals surface area contributed by atoms with Crippen LogP contribution in [0.3, 0.4) is 0 Å². The lowest BCUT2D eigenvalue weighted by molar-refractivity contribution is 0.172. The highest BCUT2D eigenvalue weighted by atomic mass is 35.5. The highest BCUT2D eigenvalue weighted by Gasteiger charge is 2.26. The van der Waals surface area contributed by atoms with Crippen LogP contribution in [0.4, 0.5) is 17.1 Å². The molecule has 0 unspecified atom stereocenters. The topological polar surface area (TPSA) is 141 Å². The summed E-state index contributed by atoms with van der Waals surface area (Å²) in [5.41, 5.74) is 6.13. The fraction of sp³-hybridized carbons (Fsp3) is 0.0741. The van der Waals surface area contributed by atoms with Gasteiger partial charge in [-0.05, 0) is 12.1 Å². The van der Waals surface area contributed by atoms with Crippen molar-refractivity contribution in [3.8, 4) is 28.4 Å². The van der Waals surface area contributed by atoms with Crippen LogP contribution in [0.25, 0.3) is 27.7 Å². The third kappa shape index (κ3) is 4.24. The van der Waals surface area contributed by atoms with Crippen LogP contribution in [-0.4, -0.2) is 27.7 Å². The van der Waals surface area contributed by atoms with Gasteiger partial charge in [-0.1, -0.05) is 53.5 Å². The van der Waals surface area contributed by atoms with Gasteiger partial charge in [0.1, 0.15) is 18.9 Å². The molecule has 0 saturated heterocycles. The van der Waals surface area contributed by atoms with E-state index in [1.54, 1.807) is 42.6 Å². The molecule has 5 aromatic rings. The van der Waals surface area contributed by atoms with Crippen LogP contribution in [0.1, 0.15) is 0 Å². The van der Waals surface area contributed by atoms with E-state index in [0.717, 1.165) is 15.0 Å². The van der Waals surface area contributed by atoms with Crippen molar-refractivity contribution in [2.24, 2.45) is 5.84 Å². The number of nitrogen functional groups attached to an aromatic ring is 1. The molecule has 3 aromatic carbocycles. The summed E-state index contributed by atoms with van der Waals surface area (Å²) in [4.78, 5) is 34.8. The molecule has 0 atom stereocenters. The smallest absolute Gasteiger partial charge is 0.333 e. The predicted molar refractivity (Wildman–Crippen MR) is 152 cm³/mol. The average molecular weight is 563 g/mol. The average Bonchev–Trinajstić information content (AvgIpc) is 2.93.